The number of hydrogen-bond donors (Lipinski definition) is 0. The van der Waals surface area contributed by atoms with E-state index in [1.165, 1.54) is 11.8 Å². The maximum Gasteiger partial charge on any atom is 0.266 e. The Balaban J connectivity index is 1.65. The maximum atomic E-state index is 13.3. The Morgan fingerprint density at radius 1 is 1.05 bits per heavy atom. The average Bonchev–Trinajstić information content (AvgIpc) is 3.23. The third kappa shape index (κ3) is 7.13. The number of allylic oxidation sites excluding steroid dienone is 1. The first-order valence-corrected chi connectivity index (χ1v) is 14.3. The zero-order valence-electron chi connectivity index (χ0n) is 22.3. The Bertz CT molecular complexity index is 1380. The molecule has 3 aromatic rings. The van der Waals surface area contributed by atoms with Gasteiger partial charge in [-0.1, -0.05) is 34.1 Å². The van der Waals surface area contributed by atoms with Gasteiger partial charge in [0.15, 0.2) is 16.7 Å². The summed E-state index contributed by atoms with van der Waals surface area (Å²) in [6, 6.07) is 19.4. The number of thioether (sulfide) groups is 1. The Morgan fingerprint density at radius 3 is 2.44 bits per heavy atom. The van der Waals surface area contributed by atoms with Crippen LogP contribution >= 0.6 is 27.7 Å². The minimum absolute atomic E-state index is 0.0754. The highest BCUT2D eigenvalue weighted by Gasteiger charge is 2.32. The van der Waals surface area contributed by atoms with Gasteiger partial charge < -0.3 is 14.2 Å². The number of methoxy groups -OCH3 is 1. The monoisotopic (exact) mass is 606 g/mol. The summed E-state index contributed by atoms with van der Waals surface area (Å²) < 4.78 is 18.5. The Morgan fingerprint density at radius 2 is 1.79 bits per heavy atom. The molecule has 4 rings (SSSR count). The third-order valence-electron chi connectivity index (χ3n) is 5.91. The van der Waals surface area contributed by atoms with Crippen LogP contribution in [0.1, 0.15) is 30.5 Å². The van der Waals surface area contributed by atoms with Crippen molar-refractivity contribution >= 4 is 50.5 Å². The van der Waals surface area contributed by atoms with E-state index < -0.39 is 0 Å². The number of aliphatic imine (C=N–C) groups is 1. The smallest absolute Gasteiger partial charge is 0.266 e. The number of rotatable bonds is 11. The molecule has 0 radical (unpaired) electrons. The van der Waals surface area contributed by atoms with E-state index >= 15 is 0 Å². The number of ether oxygens (including phenoxy) is 3. The lowest BCUT2D eigenvalue weighted by atomic mass is 10.0. The standard InChI is InChI=1S/C31H31BrN2O4S/c1-5-8-23-17-22(18-27(37-7-3)29(23)38-20-21-9-11-24(32)12-10-21)19-28-30(35)34(6-2)31(39-28)33-25-13-15-26(36-4)16-14-25/h5,9-19H,1,6-8,20H2,2-4H3/b28-19+,33-31?. The molecule has 1 aliphatic rings. The van der Waals surface area contributed by atoms with Crippen LogP contribution in [0.25, 0.3) is 6.08 Å². The molecule has 6 nitrogen and oxygen atoms in total. The number of likely N-dealkylation sites (N-methyl/N-ethyl adjacent to an activating group) is 1. The molecule has 0 unspecified atom stereocenters. The molecule has 0 N–H and O–H groups in total. The number of amides is 1. The summed E-state index contributed by atoms with van der Waals surface area (Å²) in [5, 5.41) is 0.643. The topological polar surface area (TPSA) is 60.4 Å². The van der Waals surface area contributed by atoms with Gasteiger partial charge in [0.05, 0.1) is 24.3 Å². The molecule has 0 aliphatic carbocycles. The SMILES string of the molecule is C=CCc1cc(/C=C2/SC(=Nc3ccc(OC)cc3)N(CC)C2=O)cc(OCC)c1OCc1ccc(Br)cc1. The van der Waals surface area contributed by atoms with Gasteiger partial charge in [0, 0.05) is 16.6 Å². The van der Waals surface area contributed by atoms with E-state index in [-0.39, 0.29) is 5.91 Å². The molecule has 0 saturated carbocycles. The van der Waals surface area contributed by atoms with Crippen LogP contribution in [0.3, 0.4) is 0 Å². The van der Waals surface area contributed by atoms with E-state index in [1.54, 1.807) is 12.0 Å². The number of benzene rings is 3. The van der Waals surface area contributed by atoms with E-state index in [9.17, 15) is 4.79 Å². The Labute approximate surface area is 242 Å². The van der Waals surface area contributed by atoms with Crippen molar-refractivity contribution in [3.63, 3.8) is 0 Å². The van der Waals surface area contributed by atoms with Gasteiger partial charge in [0.2, 0.25) is 0 Å². The fraction of sp³-hybridized carbons (Fsp3) is 0.226. The van der Waals surface area contributed by atoms with Crippen LogP contribution in [0.4, 0.5) is 5.69 Å². The highest BCUT2D eigenvalue weighted by Crippen LogP contribution is 2.38. The van der Waals surface area contributed by atoms with Gasteiger partial charge in [-0.2, -0.15) is 0 Å². The fourth-order valence-electron chi connectivity index (χ4n) is 4.03. The summed E-state index contributed by atoms with van der Waals surface area (Å²) in [7, 11) is 1.63. The van der Waals surface area contributed by atoms with Crippen molar-refractivity contribution < 1.29 is 19.0 Å². The van der Waals surface area contributed by atoms with Crippen molar-refractivity contribution in [2.75, 3.05) is 20.3 Å². The third-order valence-corrected chi connectivity index (χ3v) is 7.45. The lowest BCUT2D eigenvalue weighted by molar-refractivity contribution is -0.122. The van der Waals surface area contributed by atoms with Crippen molar-refractivity contribution in [1.29, 1.82) is 0 Å². The van der Waals surface area contributed by atoms with E-state index in [4.69, 9.17) is 19.2 Å². The Hall–Kier alpha value is -3.49. The summed E-state index contributed by atoms with van der Waals surface area (Å²) in [6.07, 6.45) is 4.32. The molecule has 1 heterocycles. The van der Waals surface area contributed by atoms with Gasteiger partial charge in [-0.25, -0.2) is 4.99 Å². The normalized spacial score (nSPS) is 15.2. The van der Waals surface area contributed by atoms with E-state index in [0.717, 1.165) is 32.6 Å². The van der Waals surface area contributed by atoms with Crippen LogP contribution in [0.15, 0.2) is 87.7 Å². The molecule has 1 amide bonds. The number of halogens is 1. The van der Waals surface area contributed by atoms with Gasteiger partial charge in [-0.15, -0.1) is 6.58 Å². The van der Waals surface area contributed by atoms with Gasteiger partial charge in [0.1, 0.15) is 12.4 Å². The van der Waals surface area contributed by atoms with Crippen molar-refractivity contribution in [2.24, 2.45) is 4.99 Å². The molecule has 1 aliphatic heterocycles. The zero-order chi connectivity index (χ0) is 27.8. The van der Waals surface area contributed by atoms with E-state index in [0.29, 0.717) is 47.8 Å². The molecule has 0 bridgehead atoms. The lowest BCUT2D eigenvalue weighted by Gasteiger charge is -2.17. The first-order chi connectivity index (χ1) is 18.9. The minimum Gasteiger partial charge on any atom is -0.497 e. The molecule has 0 aromatic heterocycles. The minimum atomic E-state index is -0.0754. The van der Waals surface area contributed by atoms with Crippen molar-refractivity contribution in [3.8, 4) is 17.2 Å². The quantitative estimate of drug-likeness (QED) is 0.165. The number of hydrogen-bond acceptors (Lipinski definition) is 6. The molecule has 1 fully saturated rings. The van der Waals surface area contributed by atoms with Crippen molar-refractivity contribution in [3.05, 3.63) is 99.4 Å². The number of nitrogens with zero attached hydrogens (tertiary/aromatic N) is 2. The van der Waals surface area contributed by atoms with Crippen LogP contribution in [0.5, 0.6) is 17.2 Å². The lowest BCUT2D eigenvalue weighted by Crippen LogP contribution is -2.28. The first kappa shape index (κ1) is 28.5. The van der Waals surface area contributed by atoms with Crippen LogP contribution in [-0.4, -0.2) is 36.2 Å². The summed E-state index contributed by atoms with van der Waals surface area (Å²) in [6.45, 7) is 9.21. The highest BCUT2D eigenvalue weighted by molar-refractivity contribution is 9.10. The fourth-order valence-corrected chi connectivity index (χ4v) is 5.35. The highest BCUT2D eigenvalue weighted by atomic mass is 79.9. The molecule has 3 aromatic carbocycles. The summed E-state index contributed by atoms with van der Waals surface area (Å²) in [5.41, 5.74) is 3.59. The first-order valence-electron chi connectivity index (χ1n) is 12.7. The summed E-state index contributed by atoms with van der Waals surface area (Å²) in [5.74, 6) is 2.00. The van der Waals surface area contributed by atoms with Gasteiger partial charge >= 0.3 is 0 Å². The van der Waals surface area contributed by atoms with Crippen molar-refractivity contribution in [2.45, 2.75) is 26.9 Å². The van der Waals surface area contributed by atoms with Crippen LogP contribution in [0.2, 0.25) is 0 Å². The van der Waals surface area contributed by atoms with Crippen molar-refractivity contribution in [1.82, 2.24) is 4.90 Å². The van der Waals surface area contributed by atoms with E-state index in [2.05, 4.69) is 22.5 Å². The maximum absolute atomic E-state index is 13.3. The predicted octanol–water partition coefficient (Wildman–Crippen LogP) is 7.79. The zero-order valence-corrected chi connectivity index (χ0v) is 24.7. The predicted molar refractivity (Wildman–Crippen MR) is 163 cm³/mol. The van der Waals surface area contributed by atoms with Crippen LogP contribution in [0, 0.1) is 0 Å². The molecule has 1 saturated heterocycles. The largest absolute Gasteiger partial charge is 0.497 e. The number of amidine groups is 1. The Kier molecular flexibility index (Phi) is 9.90. The molecule has 202 valence electrons. The molecule has 39 heavy (non-hydrogen) atoms. The second-order valence-corrected chi connectivity index (χ2v) is 10.5. The second-order valence-electron chi connectivity index (χ2n) is 8.60. The van der Waals surface area contributed by atoms with E-state index in [1.807, 2.05) is 86.7 Å². The molecule has 0 spiro atoms. The van der Waals surface area contributed by atoms with Gasteiger partial charge in [-0.3, -0.25) is 9.69 Å². The van der Waals surface area contributed by atoms with Gasteiger partial charge in [-0.05, 0) is 97.8 Å². The average molecular weight is 608 g/mol. The number of carbonyl (C=O) groups is 1. The van der Waals surface area contributed by atoms with Crippen LogP contribution < -0.4 is 14.2 Å². The summed E-state index contributed by atoms with van der Waals surface area (Å²) >= 11 is 4.83. The summed E-state index contributed by atoms with van der Waals surface area (Å²) in [4.78, 5) is 20.3. The molecular weight excluding hydrogens is 576 g/mol. The van der Waals surface area contributed by atoms with Gasteiger partial charge in [0.25, 0.3) is 5.91 Å². The second kappa shape index (κ2) is 13.5. The molecule has 0 atom stereocenters. The van der Waals surface area contributed by atoms with Crippen LogP contribution in [-0.2, 0) is 17.8 Å². The molecule has 8 heteroatoms. The number of carbonyl (C=O) groups excluding carboxylic acids is 1. The molecular formula is C31H31BrN2O4S.